The Labute approximate surface area is 183 Å². The van der Waals surface area contributed by atoms with Crippen molar-refractivity contribution in [3.05, 3.63) is 69.7 Å². The maximum Gasteiger partial charge on any atom is 0.151 e. The summed E-state index contributed by atoms with van der Waals surface area (Å²) in [6.45, 7) is 2.70. The fourth-order valence-corrected chi connectivity index (χ4v) is 4.60. The summed E-state index contributed by atoms with van der Waals surface area (Å²) in [5.74, 6) is 2.15. The van der Waals surface area contributed by atoms with E-state index >= 15 is 0 Å². The highest BCUT2D eigenvalue weighted by Crippen LogP contribution is 2.42. The van der Waals surface area contributed by atoms with Crippen LogP contribution in [0.5, 0.6) is 0 Å². The van der Waals surface area contributed by atoms with Crippen LogP contribution in [0.25, 0.3) is 22.3 Å². The molecule has 2 N–H and O–H groups in total. The summed E-state index contributed by atoms with van der Waals surface area (Å²) in [6.07, 6.45) is 3.07. The van der Waals surface area contributed by atoms with Crippen molar-refractivity contribution < 1.29 is 4.42 Å². The Kier molecular flexibility index (Phi) is 4.63. The number of hydrogen-bond donors (Lipinski definition) is 1. The van der Waals surface area contributed by atoms with Crippen molar-refractivity contribution in [1.29, 1.82) is 5.26 Å². The number of nitrogens with two attached hydrogens (primary N) is 1. The zero-order chi connectivity index (χ0) is 20.8. The van der Waals surface area contributed by atoms with Gasteiger partial charge in [-0.1, -0.05) is 25.1 Å². The molecule has 2 heterocycles. The van der Waals surface area contributed by atoms with Crippen molar-refractivity contribution in [3.63, 3.8) is 0 Å². The Hall–Kier alpha value is -3.04. The number of nitrogens with zero attached hydrogens (tertiary/aromatic N) is 3. The van der Waals surface area contributed by atoms with E-state index in [4.69, 9.17) is 15.1 Å². The number of anilines is 1. The van der Waals surface area contributed by atoms with Crippen LogP contribution >= 0.6 is 15.9 Å². The lowest BCUT2D eigenvalue weighted by molar-refractivity contribution is 0.630. The molecule has 4 aromatic rings. The molecule has 30 heavy (non-hydrogen) atoms. The number of rotatable bonds is 5. The molecule has 6 heteroatoms. The summed E-state index contributed by atoms with van der Waals surface area (Å²) in [7, 11) is 0. The van der Waals surface area contributed by atoms with E-state index < -0.39 is 0 Å². The maximum atomic E-state index is 9.79. The molecule has 0 bridgehead atoms. The van der Waals surface area contributed by atoms with Crippen molar-refractivity contribution in [2.75, 3.05) is 5.73 Å². The molecular weight excluding hydrogens is 440 g/mol. The number of nitriles is 1. The molecule has 1 fully saturated rings. The lowest BCUT2D eigenvalue weighted by atomic mass is 10.1. The van der Waals surface area contributed by atoms with Gasteiger partial charge < -0.3 is 14.7 Å². The smallest absolute Gasteiger partial charge is 0.151 e. The Bertz CT molecular complexity index is 1310. The average Bonchev–Trinajstić information content (AvgIpc) is 3.47. The van der Waals surface area contributed by atoms with Crippen LogP contribution in [0.2, 0.25) is 0 Å². The molecule has 0 atom stereocenters. The molecule has 0 spiro atoms. The van der Waals surface area contributed by atoms with Crippen molar-refractivity contribution in [3.8, 4) is 17.4 Å². The van der Waals surface area contributed by atoms with Crippen LogP contribution in [0.3, 0.4) is 0 Å². The highest BCUT2D eigenvalue weighted by atomic mass is 79.9. The zero-order valence-electron chi connectivity index (χ0n) is 16.7. The second kappa shape index (κ2) is 7.33. The van der Waals surface area contributed by atoms with Crippen LogP contribution in [-0.4, -0.2) is 9.55 Å². The third kappa shape index (κ3) is 3.10. The average molecular weight is 461 g/mol. The molecule has 1 saturated carbocycles. The molecular formula is C24H21BrN4O. The van der Waals surface area contributed by atoms with Crippen molar-refractivity contribution in [2.24, 2.45) is 0 Å². The molecule has 1 aliphatic rings. The number of halogens is 1. The number of fused-ring (bicyclic) bond motifs is 1. The Morgan fingerprint density at radius 3 is 2.77 bits per heavy atom. The molecule has 2 aromatic carbocycles. The van der Waals surface area contributed by atoms with E-state index in [-0.39, 0.29) is 0 Å². The van der Waals surface area contributed by atoms with Crippen LogP contribution in [0.4, 0.5) is 5.69 Å². The van der Waals surface area contributed by atoms with Gasteiger partial charge in [0.15, 0.2) is 5.76 Å². The highest BCUT2D eigenvalue weighted by molar-refractivity contribution is 9.10. The van der Waals surface area contributed by atoms with Gasteiger partial charge in [0, 0.05) is 29.0 Å². The van der Waals surface area contributed by atoms with Gasteiger partial charge in [0.2, 0.25) is 0 Å². The van der Waals surface area contributed by atoms with E-state index in [9.17, 15) is 5.26 Å². The predicted octanol–water partition coefficient (Wildman–Crippen LogP) is 6.00. The molecule has 0 radical (unpaired) electrons. The van der Waals surface area contributed by atoms with Crippen LogP contribution in [0, 0.1) is 11.3 Å². The molecule has 1 aliphatic carbocycles. The number of imidazole rings is 1. The molecule has 2 aromatic heterocycles. The zero-order valence-corrected chi connectivity index (χ0v) is 18.2. The number of furan rings is 1. The largest absolute Gasteiger partial charge is 0.455 e. The number of aromatic nitrogens is 2. The summed E-state index contributed by atoms with van der Waals surface area (Å²) in [5, 5.41) is 10.8. The normalized spacial score (nSPS) is 13.6. The first-order valence-corrected chi connectivity index (χ1v) is 10.9. The topological polar surface area (TPSA) is 80.8 Å². The van der Waals surface area contributed by atoms with E-state index in [2.05, 4.69) is 39.6 Å². The summed E-state index contributed by atoms with van der Waals surface area (Å²) >= 11 is 3.71. The van der Waals surface area contributed by atoms with Gasteiger partial charge in [-0.3, -0.25) is 0 Å². The summed E-state index contributed by atoms with van der Waals surface area (Å²) in [6, 6.07) is 16.2. The Morgan fingerprint density at radius 2 is 2.07 bits per heavy atom. The molecule has 0 amide bonds. The first-order chi connectivity index (χ1) is 14.6. The van der Waals surface area contributed by atoms with Gasteiger partial charge in [-0.25, -0.2) is 4.98 Å². The number of hydrogen-bond acceptors (Lipinski definition) is 4. The second-order valence-corrected chi connectivity index (χ2v) is 8.54. The minimum atomic E-state index is 0.454. The van der Waals surface area contributed by atoms with Gasteiger partial charge >= 0.3 is 0 Å². The van der Waals surface area contributed by atoms with Gasteiger partial charge in [0.1, 0.15) is 23.2 Å². The van der Waals surface area contributed by atoms with E-state index in [1.54, 1.807) is 0 Å². The molecule has 150 valence electrons. The fraction of sp³-hybridized carbons (Fsp3) is 0.250. The minimum Gasteiger partial charge on any atom is -0.455 e. The third-order valence-corrected chi connectivity index (χ3v) is 6.49. The number of nitrogen functional groups attached to an aromatic ring is 1. The Balaban J connectivity index is 1.56. The van der Waals surface area contributed by atoms with Gasteiger partial charge in [-0.05, 0) is 58.6 Å². The number of aryl methyl sites for hydroxylation is 1. The van der Waals surface area contributed by atoms with Crippen molar-refractivity contribution in [2.45, 2.75) is 38.6 Å². The summed E-state index contributed by atoms with van der Waals surface area (Å²) in [5.41, 5.74) is 11.3. The summed E-state index contributed by atoms with van der Waals surface area (Å²) < 4.78 is 9.06. The van der Waals surface area contributed by atoms with Crippen LogP contribution in [0.15, 0.2) is 51.4 Å². The van der Waals surface area contributed by atoms with Gasteiger partial charge in [-0.2, -0.15) is 5.26 Å². The molecule has 0 aliphatic heterocycles. The highest BCUT2D eigenvalue weighted by Gasteiger charge is 2.31. The van der Waals surface area contributed by atoms with Crippen molar-refractivity contribution >= 4 is 32.6 Å². The van der Waals surface area contributed by atoms with E-state index in [0.717, 1.165) is 63.1 Å². The standard InChI is InChI=1S/C24H21BrN4O/c1-2-21-28-23(15-8-9-15)19(12-26)29(21)13-14-7-10-20-17(11-14)22(25)24(30-20)16-5-3-4-6-18(16)27/h3-7,10-11,15H,2,8-9,13,27H2,1H3. The van der Waals surface area contributed by atoms with E-state index in [1.807, 2.05) is 36.4 Å². The minimum absolute atomic E-state index is 0.454. The van der Waals surface area contributed by atoms with Gasteiger partial charge in [-0.15, -0.1) is 0 Å². The monoisotopic (exact) mass is 460 g/mol. The molecule has 5 rings (SSSR count). The van der Waals surface area contributed by atoms with Crippen LogP contribution in [0.1, 0.15) is 48.5 Å². The van der Waals surface area contributed by atoms with Crippen molar-refractivity contribution in [1.82, 2.24) is 9.55 Å². The Morgan fingerprint density at radius 1 is 1.27 bits per heavy atom. The maximum absolute atomic E-state index is 9.79. The second-order valence-electron chi connectivity index (χ2n) is 7.75. The fourth-order valence-electron chi connectivity index (χ4n) is 3.99. The molecule has 0 saturated heterocycles. The van der Waals surface area contributed by atoms with Gasteiger partial charge in [0.25, 0.3) is 0 Å². The van der Waals surface area contributed by atoms with E-state index in [0.29, 0.717) is 23.8 Å². The number of benzene rings is 2. The lowest BCUT2D eigenvalue weighted by Gasteiger charge is -2.08. The first kappa shape index (κ1) is 19.0. The molecule has 5 nitrogen and oxygen atoms in total. The number of para-hydroxylation sites is 1. The SMILES string of the molecule is CCc1nc(C2CC2)c(C#N)n1Cc1ccc2oc(-c3ccccc3N)c(Br)c2c1. The lowest BCUT2D eigenvalue weighted by Crippen LogP contribution is -2.07. The van der Waals surface area contributed by atoms with Crippen LogP contribution < -0.4 is 5.73 Å². The third-order valence-electron chi connectivity index (χ3n) is 5.70. The molecule has 0 unspecified atom stereocenters. The van der Waals surface area contributed by atoms with E-state index in [1.165, 1.54) is 0 Å². The quantitative estimate of drug-likeness (QED) is 0.370. The predicted molar refractivity (Wildman–Crippen MR) is 121 cm³/mol. The van der Waals surface area contributed by atoms with Crippen LogP contribution in [-0.2, 0) is 13.0 Å². The summed E-state index contributed by atoms with van der Waals surface area (Å²) in [4.78, 5) is 4.79. The van der Waals surface area contributed by atoms with Gasteiger partial charge in [0.05, 0.1) is 16.7 Å². The first-order valence-electron chi connectivity index (χ1n) is 10.2.